The van der Waals surface area contributed by atoms with Crippen molar-refractivity contribution >= 4 is 23.9 Å². The van der Waals surface area contributed by atoms with Gasteiger partial charge in [-0.15, -0.1) is 0 Å². The Bertz CT molecular complexity index is 666. The van der Waals surface area contributed by atoms with E-state index >= 15 is 0 Å². The van der Waals surface area contributed by atoms with Gasteiger partial charge in [0.2, 0.25) is 5.91 Å². The van der Waals surface area contributed by atoms with Crippen LogP contribution in [0.15, 0.2) is 0 Å². The maximum absolute atomic E-state index is 13.0. The summed E-state index contributed by atoms with van der Waals surface area (Å²) in [6.07, 6.45) is 16.2. The Morgan fingerprint density at radius 1 is 0.838 bits per heavy atom. The monoisotopic (exact) mass is 525 g/mol. The number of amides is 3. The van der Waals surface area contributed by atoms with E-state index in [1.807, 2.05) is 0 Å². The van der Waals surface area contributed by atoms with Crippen LogP contribution in [0.2, 0.25) is 0 Å². The summed E-state index contributed by atoms with van der Waals surface area (Å²) in [6.45, 7) is 3.49. The van der Waals surface area contributed by atoms with Crippen LogP contribution in [0.1, 0.15) is 129 Å². The quantitative estimate of drug-likeness (QED) is 0.137. The van der Waals surface area contributed by atoms with Gasteiger partial charge in [0, 0.05) is 19.5 Å². The normalized spacial score (nSPS) is 15.1. The van der Waals surface area contributed by atoms with Gasteiger partial charge in [0.25, 0.3) is 0 Å². The predicted molar refractivity (Wildman–Crippen MR) is 144 cm³/mol. The van der Waals surface area contributed by atoms with E-state index in [-0.39, 0.29) is 31.7 Å². The molecular weight excluding hydrogens is 474 g/mol. The summed E-state index contributed by atoms with van der Waals surface area (Å²) < 4.78 is 5.64. The zero-order chi connectivity index (χ0) is 27.3. The van der Waals surface area contributed by atoms with Crippen molar-refractivity contribution < 1.29 is 29.0 Å². The Morgan fingerprint density at radius 2 is 1.41 bits per heavy atom. The van der Waals surface area contributed by atoms with Gasteiger partial charge in [-0.25, -0.2) is 9.59 Å². The highest BCUT2D eigenvalue weighted by Gasteiger charge is 2.28. The number of esters is 1. The van der Waals surface area contributed by atoms with E-state index in [0.717, 1.165) is 38.5 Å². The van der Waals surface area contributed by atoms with E-state index in [0.29, 0.717) is 19.5 Å². The molecule has 0 bridgehead atoms. The van der Waals surface area contributed by atoms with Gasteiger partial charge in [0.05, 0.1) is 6.42 Å². The van der Waals surface area contributed by atoms with Crippen molar-refractivity contribution in [3.8, 4) is 0 Å². The maximum Gasteiger partial charge on any atom is 0.328 e. The number of hydrogen-bond acceptors (Lipinski definition) is 5. The molecule has 9 nitrogen and oxygen atoms in total. The Kier molecular flexibility index (Phi) is 18.3. The van der Waals surface area contributed by atoms with E-state index in [2.05, 4.69) is 12.2 Å². The van der Waals surface area contributed by atoms with Crippen LogP contribution in [0.25, 0.3) is 0 Å². The number of piperidine rings is 1. The molecule has 1 aliphatic heterocycles. The van der Waals surface area contributed by atoms with Crippen LogP contribution in [0.5, 0.6) is 0 Å². The fourth-order valence-electron chi connectivity index (χ4n) is 4.75. The summed E-state index contributed by atoms with van der Waals surface area (Å²) in [4.78, 5) is 49.8. The maximum atomic E-state index is 13.0. The molecule has 3 amide bonds. The number of aliphatic carboxylic acids is 1. The summed E-state index contributed by atoms with van der Waals surface area (Å²) in [5.74, 6) is -2.14. The number of ether oxygens (including phenoxy) is 1. The van der Waals surface area contributed by atoms with Gasteiger partial charge >= 0.3 is 18.0 Å². The summed E-state index contributed by atoms with van der Waals surface area (Å²) in [5, 5.41) is 11.7. The Labute approximate surface area is 223 Å². The number of nitrogens with one attached hydrogen (secondary N) is 1. The number of rotatable bonds is 21. The third-order valence-corrected chi connectivity index (χ3v) is 6.95. The fraction of sp³-hybridized carbons (Fsp3) is 0.857. The zero-order valence-electron chi connectivity index (χ0n) is 23.0. The first kappa shape index (κ1) is 32.7. The molecule has 214 valence electrons. The number of urea groups is 1. The zero-order valence-corrected chi connectivity index (χ0v) is 23.0. The first-order valence-electron chi connectivity index (χ1n) is 14.6. The summed E-state index contributed by atoms with van der Waals surface area (Å²) >= 11 is 0. The van der Waals surface area contributed by atoms with Gasteiger partial charge in [-0.3, -0.25) is 9.59 Å². The molecule has 1 saturated heterocycles. The number of hydrogen-bond donors (Lipinski definition) is 3. The minimum atomic E-state index is -0.961. The number of carbonyl (C=O) groups is 4. The van der Waals surface area contributed by atoms with Crippen molar-refractivity contribution in [2.75, 3.05) is 13.1 Å². The fourth-order valence-corrected chi connectivity index (χ4v) is 4.75. The van der Waals surface area contributed by atoms with Crippen LogP contribution in [-0.4, -0.2) is 59.1 Å². The molecule has 0 spiro atoms. The molecule has 2 atom stereocenters. The lowest BCUT2D eigenvalue weighted by atomic mass is 10.0. The number of carboxylic acids is 1. The second-order valence-electron chi connectivity index (χ2n) is 10.4. The van der Waals surface area contributed by atoms with Crippen LogP contribution < -0.4 is 11.1 Å². The smallest absolute Gasteiger partial charge is 0.328 e. The lowest BCUT2D eigenvalue weighted by Crippen LogP contribution is -2.50. The number of nitrogens with zero attached hydrogens (tertiary/aromatic N) is 1. The molecule has 0 aliphatic carbocycles. The topological polar surface area (TPSA) is 139 Å². The van der Waals surface area contributed by atoms with Crippen molar-refractivity contribution in [3.63, 3.8) is 0 Å². The first-order chi connectivity index (χ1) is 17.8. The third kappa shape index (κ3) is 16.9. The number of carbonyl (C=O) groups excluding carboxylic acids is 3. The van der Waals surface area contributed by atoms with E-state index in [1.54, 1.807) is 4.90 Å². The molecule has 37 heavy (non-hydrogen) atoms. The minimum Gasteiger partial charge on any atom is -0.481 e. The van der Waals surface area contributed by atoms with Crippen molar-refractivity contribution in [1.82, 2.24) is 10.2 Å². The summed E-state index contributed by atoms with van der Waals surface area (Å²) in [6, 6.07) is -1.30. The van der Waals surface area contributed by atoms with Crippen LogP contribution in [0.3, 0.4) is 0 Å². The number of primary amides is 1. The summed E-state index contributed by atoms with van der Waals surface area (Å²) in [7, 11) is 0. The molecular formula is C28H51N3O6. The highest BCUT2D eigenvalue weighted by Crippen LogP contribution is 2.16. The van der Waals surface area contributed by atoms with Crippen molar-refractivity contribution in [2.24, 2.45) is 5.73 Å². The van der Waals surface area contributed by atoms with Gasteiger partial charge in [-0.1, -0.05) is 71.1 Å². The Morgan fingerprint density at radius 3 is 1.95 bits per heavy atom. The third-order valence-electron chi connectivity index (χ3n) is 6.95. The molecule has 0 saturated carbocycles. The predicted octanol–water partition coefficient (Wildman–Crippen LogP) is 5.29. The van der Waals surface area contributed by atoms with Gasteiger partial charge in [0.1, 0.15) is 12.1 Å². The molecule has 4 N–H and O–H groups in total. The van der Waals surface area contributed by atoms with E-state index < -0.39 is 30.0 Å². The highest BCUT2D eigenvalue weighted by molar-refractivity contribution is 5.84. The molecule has 1 fully saturated rings. The molecule has 0 unspecified atom stereocenters. The van der Waals surface area contributed by atoms with Crippen molar-refractivity contribution in [1.29, 1.82) is 0 Å². The average Bonchev–Trinajstić information content (AvgIpc) is 2.86. The summed E-state index contributed by atoms with van der Waals surface area (Å²) in [5.41, 5.74) is 5.39. The molecule has 0 aromatic rings. The Hall–Kier alpha value is -2.32. The minimum absolute atomic E-state index is 0.0641. The largest absolute Gasteiger partial charge is 0.481 e. The van der Waals surface area contributed by atoms with Gasteiger partial charge < -0.3 is 25.8 Å². The van der Waals surface area contributed by atoms with Crippen molar-refractivity contribution in [2.45, 2.75) is 141 Å². The molecule has 0 aromatic heterocycles. The van der Waals surface area contributed by atoms with Gasteiger partial charge in [0.15, 0.2) is 0 Å². The lowest BCUT2D eigenvalue weighted by Gasteiger charge is -2.29. The number of nitrogens with two attached hydrogens (primary N) is 1. The van der Waals surface area contributed by atoms with Crippen LogP contribution in [-0.2, 0) is 19.1 Å². The molecule has 1 aliphatic rings. The van der Waals surface area contributed by atoms with Gasteiger partial charge in [-0.2, -0.15) is 0 Å². The SMILES string of the molecule is CCCCCCCCCCCCC[C@@H](CC(N)=O)OC(=O)[C@H](CCCC(=O)O)NC(=O)N1CCCCC1. The van der Waals surface area contributed by atoms with Crippen molar-refractivity contribution in [3.05, 3.63) is 0 Å². The number of unbranched alkanes of at least 4 members (excludes halogenated alkanes) is 10. The molecule has 1 rings (SSSR count). The molecule has 0 radical (unpaired) electrons. The van der Waals surface area contributed by atoms with E-state index in [1.165, 1.54) is 51.4 Å². The first-order valence-corrected chi connectivity index (χ1v) is 14.6. The molecule has 1 heterocycles. The average molecular weight is 526 g/mol. The van der Waals surface area contributed by atoms with Crippen LogP contribution in [0, 0.1) is 0 Å². The number of likely N-dealkylation sites (tertiary alicyclic amines) is 1. The standard InChI is InChI=1S/C28H51N3O6/c1-2-3-4-5-6-7-8-9-10-11-13-17-23(22-25(29)32)37-27(35)24(18-16-19-26(33)34)30-28(36)31-20-14-12-15-21-31/h23-24H,2-22H2,1H3,(H2,29,32)(H,30,36)(H,33,34)/t23-,24-/m0/s1. The lowest BCUT2D eigenvalue weighted by molar-refractivity contribution is -0.153. The Balaban J connectivity index is 2.49. The number of carboxylic acid groups (broad SMARTS) is 1. The van der Waals surface area contributed by atoms with E-state index in [9.17, 15) is 19.2 Å². The van der Waals surface area contributed by atoms with Gasteiger partial charge in [-0.05, 0) is 44.9 Å². The molecule has 0 aromatic carbocycles. The molecule has 9 heteroatoms. The second kappa shape index (κ2) is 20.7. The van der Waals surface area contributed by atoms with Crippen LogP contribution in [0.4, 0.5) is 4.79 Å². The van der Waals surface area contributed by atoms with Crippen LogP contribution >= 0.6 is 0 Å². The van der Waals surface area contributed by atoms with E-state index in [4.69, 9.17) is 15.6 Å². The highest BCUT2D eigenvalue weighted by atomic mass is 16.5. The second-order valence-corrected chi connectivity index (χ2v) is 10.4.